The van der Waals surface area contributed by atoms with Crippen LogP contribution in [0.25, 0.3) is 10.2 Å². The van der Waals surface area contributed by atoms with Crippen molar-refractivity contribution in [2.24, 2.45) is 0 Å². The first kappa shape index (κ1) is 20.6. The van der Waals surface area contributed by atoms with Crippen molar-refractivity contribution in [2.45, 2.75) is 19.8 Å². The number of fused-ring (bicyclic) bond motifs is 1. The van der Waals surface area contributed by atoms with Crippen LogP contribution in [0.5, 0.6) is 11.5 Å². The number of anilines is 1. The van der Waals surface area contributed by atoms with Gasteiger partial charge in [0.15, 0.2) is 11.7 Å². The fourth-order valence-corrected chi connectivity index (χ4v) is 3.65. The van der Waals surface area contributed by atoms with Gasteiger partial charge in [0.25, 0.3) is 5.91 Å². The molecule has 0 saturated carbocycles. The number of nitrogens with zero attached hydrogens (tertiary/aromatic N) is 1. The molecule has 0 saturated heterocycles. The number of benzene rings is 2. The van der Waals surface area contributed by atoms with Gasteiger partial charge in [-0.25, -0.2) is 4.98 Å². The van der Waals surface area contributed by atoms with Gasteiger partial charge < -0.3 is 14.2 Å². The molecule has 29 heavy (non-hydrogen) atoms. The molecule has 3 aromatic rings. The van der Waals surface area contributed by atoms with Crippen LogP contribution >= 0.6 is 11.3 Å². The highest BCUT2D eigenvalue weighted by Gasteiger charge is 2.12. The van der Waals surface area contributed by atoms with E-state index in [1.54, 1.807) is 7.11 Å². The topological polar surface area (TPSA) is 86.8 Å². The molecular formula is C21H22N2O5S. The van der Waals surface area contributed by atoms with Crippen LogP contribution in [-0.4, -0.2) is 37.2 Å². The minimum absolute atomic E-state index is 0.162. The zero-order valence-electron chi connectivity index (χ0n) is 16.3. The number of aromatic nitrogens is 1. The van der Waals surface area contributed by atoms with E-state index >= 15 is 0 Å². The fraction of sp³-hybridized carbons (Fsp3) is 0.286. The molecule has 2 aromatic carbocycles. The van der Waals surface area contributed by atoms with E-state index < -0.39 is 11.9 Å². The normalized spacial score (nSPS) is 10.6. The van der Waals surface area contributed by atoms with Crippen molar-refractivity contribution < 1.29 is 23.8 Å². The maximum atomic E-state index is 12.1. The number of ether oxygens (including phenoxy) is 3. The van der Waals surface area contributed by atoms with E-state index in [4.69, 9.17) is 14.2 Å². The minimum Gasteiger partial charge on any atom is -0.496 e. The average Bonchev–Trinajstić information content (AvgIpc) is 3.12. The maximum absolute atomic E-state index is 12.1. The van der Waals surface area contributed by atoms with Gasteiger partial charge in [0, 0.05) is 6.42 Å². The third-order valence-corrected chi connectivity index (χ3v) is 5.01. The molecule has 7 nitrogen and oxygen atoms in total. The van der Waals surface area contributed by atoms with Crippen LogP contribution in [-0.2, 0) is 20.7 Å². The fourth-order valence-electron chi connectivity index (χ4n) is 2.73. The Labute approximate surface area is 172 Å². The Balaban J connectivity index is 1.48. The standard InChI is InChI=1S/C21H22N2O5S/c1-3-27-15-9-10-16-18(12-15)29-21(22-16)23-19(24)13-28-20(25)11-8-14-6-4-5-7-17(14)26-2/h4-7,9-10,12H,3,8,11,13H2,1-2H3,(H,22,23,24). The lowest BCUT2D eigenvalue weighted by atomic mass is 10.1. The molecule has 1 amide bonds. The summed E-state index contributed by atoms with van der Waals surface area (Å²) >= 11 is 1.33. The second kappa shape index (κ2) is 9.88. The number of rotatable bonds is 9. The molecule has 3 rings (SSSR count). The number of thiazole rings is 1. The molecule has 0 fully saturated rings. The predicted molar refractivity (Wildman–Crippen MR) is 112 cm³/mol. The summed E-state index contributed by atoms with van der Waals surface area (Å²) in [5.74, 6) is 0.600. The molecule has 8 heteroatoms. The summed E-state index contributed by atoms with van der Waals surface area (Å²) < 4.78 is 16.7. The van der Waals surface area contributed by atoms with Crippen LogP contribution in [0.2, 0.25) is 0 Å². The number of hydrogen-bond acceptors (Lipinski definition) is 7. The molecule has 0 bridgehead atoms. The Morgan fingerprint density at radius 2 is 2.00 bits per heavy atom. The third kappa shape index (κ3) is 5.68. The number of amides is 1. The van der Waals surface area contributed by atoms with E-state index in [1.807, 2.05) is 49.4 Å². The number of hydrogen-bond donors (Lipinski definition) is 1. The summed E-state index contributed by atoms with van der Waals surface area (Å²) in [6, 6.07) is 13.0. The van der Waals surface area contributed by atoms with Crippen LogP contribution in [0, 0.1) is 0 Å². The first-order chi connectivity index (χ1) is 14.1. The largest absolute Gasteiger partial charge is 0.496 e. The van der Waals surface area contributed by atoms with Gasteiger partial charge >= 0.3 is 5.97 Å². The zero-order valence-corrected chi connectivity index (χ0v) is 17.1. The Morgan fingerprint density at radius 1 is 1.17 bits per heavy atom. The molecule has 0 aliphatic rings. The van der Waals surface area contributed by atoms with Gasteiger partial charge in [0.2, 0.25) is 0 Å². The van der Waals surface area contributed by atoms with Crippen LogP contribution < -0.4 is 14.8 Å². The van der Waals surface area contributed by atoms with Crippen molar-refractivity contribution in [1.29, 1.82) is 0 Å². The molecule has 0 aliphatic heterocycles. The van der Waals surface area contributed by atoms with Gasteiger partial charge in [0.1, 0.15) is 11.5 Å². The summed E-state index contributed by atoms with van der Waals surface area (Å²) in [4.78, 5) is 28.4. The van der Waals surface area contributed by atoms with E-state index in [9.17, 15) is 9.59 Å². The van der Waals surface area contributed by atoms with Crippen LogP contribution in [0.1, 0.15) is 18.9 Å². The molecule has 152 valence electrons. The lowest BCUT2D eigenvalue weighted by molar-refractivity contribution is -0.147. The Hall–Kier alpha value is -3.13. The van der Waals surface area contributed by atoms with Gasteiger partial charge in [-0.1, -0.05) is 29.5 Å². The average molecular weight is 414 g/mol. The van der Waals surface area contributed by atoms with Gasteiger partial charge in [-0.2, -0.15) is 0 Å². The van der Waals surface area contributed by atoms with Gasteiger partial charge in [-0.05, 0) is 43.2 Å². The van der Waals surface area contributed by atoms with Crippen molar-refractivity contribution in [3.63, 3.8) is 0 Å². The second-order valence-corrected chi connectivity index (χ2v) is 7.13. The first-order valence-electron chi connectivity index (χ1n) is 9.19. The summed E-state index contributed by atoms with van der Waals surface area (Å²) in [6.45, 7) is 2.14. The Bertz CT molecular complexity index is 1000. The summed E-state index contributed by atoms with van der Waals surface area (Å²) in [5, 5.41) is 3.11. The van der Waals surface area contributed by atoms with Gasteiger partial charge in [0.05, 0.1) is 23.9 Å². The van der Waals surface area contributed by atoms with Gasteiger partial charge in [-0.15, -0.1) is 0 Å². The lowest BCUT2D eigenvalue weighted by Crippen LogP contribution is -2.21. The molecular weight excluding hydrogens is 392 g/mol. The molecule has 0 unspecified atom stereocenters. The zero-order chi connectivity index (χ0) is 20.6. The third-order valence-electron chi connectivity index (χ3n) is 4.07. The van der Waals surface area contributed by atoms with Crippen LogP contribution in [0.4, 0.5) is 5.13 Å². The van der Waals surface area contributed by atoms with E-state index in [0.29, 0.717) is 18.2 Å². The highest BCUT2D eigenvalue weighted by atomic mass is 32.1. The number of aryl methyl sites for hydroxylation is 1. The number of nitrogens with one attached hydrogen (secondary N) is 1. The Kier molecular flexibility index (Phi) is 7.02. The Morgan fingerprint density at radius 3 is 2.79 bits per heavy atom. The number of esters is 1. The van der Waals surface area contributed by atoms with E-state index in [-0.39, 0.29) is 13.0 Å². The molecule has 0 aliphatic carbocycles. The lowest BCUT2D eigenvalue weighted by Gasteiger charge is -2.08. The number of carbonyl (C=O) groups excluding carboxylic acids is 2. The summed E-state index contributed by atoms with van der Waals surface area (Å²) in [7, 11) is 1.58. The molecule has 1 aromatic heterocycles. The van der Waals surface area contributed by atoms with Crippen LogP contribution in [0.15, 0.2) is 42.5 Å². The smallest absolute Gasteiger partial charge is 0.306 e. The highest BCUT2D eigenvalue weighted by Crippen LogP contribution is 2.29. The van der Waals surface area contributed by atoms with E-state index in [1.165, 1.54) is 11.3 Å². The quantitative estimate of drug-likeness (QED) is 0.536. The molecule has 0 radical (unpaired) electrons. The summed E-state index contributed by atoms with van der Waals surface area (Å²) in [6.07, 6.45) is 0.638. The van der Waals surface area contributed by atoms with E-state index in [0.717, 1.165) is 27.3 Å². The maximum Gasteiger partial charge on any atom is 0.306 e. The van der Waals surface area contributed by atoms with Crippen molar-refractivity contribution in [2.75, 3.05) is 25.6 Å². The summed E-state index contributed by atoms with van der Waals surface area (Å²) in [5.41, 5.74) is 1.68. The number of para-hydroxylation sites is 1. The molecule has 0 spiro atoms. The number of carbonyl (C=O) groups is 2. The van der Waals surface area contributed by atoms with Crippen molar-refractivity contribution in [3.8, 4) is 11.5 Å². The SMILES string of the molecule is CCOc1ccc2nc(NC(=O)COC(=O)CCc3ccccc3OC)sc2c1. The van der Waals surface area contributed by atoms with Crippen LogP contribution in [0.3, 0.4) is 0 Å². The molecule has 1 heterocycles. The number of methoxy groups -OCH3 is 1. The van der Waals surface area contributed by atoms with E-state index in [2.05, 4.69) is 10.3 Å². The minimum atomic E-state index is -0.447. The monoisotopic (exact) mass is 414 g/mol. The van der Waals surface area contributed by atoms with Crippen molar-refractivity contribution in [3.05, 3.63) is 48.0 Å². The first-order valence-corrected chi connectivity index (χ1v) is 10.0. The van der Waals surface area contributed by atoms with Gasteiger partial charge in [-0.3, -0.25) is 14.9 Å². The van der Waals surface area contributed by atoms with Crippen molar-refractivity contribution >= 4 is 38.6 Å². The highest BCUT2D eigenvalue weighted by molar-refractivity contribution is 7.22. The molecule has 0 atom stereocenters. The van der Waals surface area contributed by atoms with Crippen molar-refractivity contribution in [1.82, 2.24) is 4.98 Å². The molecule has 1 N–H and O–H groups in total. The second-order valence-electron chi connectivity index (χ2n) is 6.10. The predicted octanol–water partition coefficient (Wildman–Crippen LogP) is 3.82.